The molecule has 0 aliphatic rings. The molecule has 2 heterocycles. The second-order valence-corrected chi connectivity index (χ2v) is 6.02. The van der Waals surface area contributed by atoms with E-state index in [0.29, 0.717) is 29.2 Å². The van der Waals surface area contributed by atoms with Crippen molar-refractivity contribution in [2.75, 3.05) is 5.32 Å². The summed E-state index contributed by atoms with van der Waals surface area (Å²) >= 11 is 0. The van der Waals surface area contributed by atoms with E-state index in [2.05, 4.69) is 33.9 Å². The Morgan fingerprint density at radius 2 is 2.11 bits per heavy atom. The second kappa shape index (κ2) is 8.79. The molecule has 8 heteroatoms. The van der Waals surface area contributed by atoms with Gasteiger partial charge in [0.25, 0.3) is 0 Å². The van der Waals surface area contributed by atoms with E-state index in [1.807, 2.05) is 0 Å². The van der Waals surface area contributed by atoms with Gasteiger partial charge in [0.15, 0.2) is 0 Å². The topological polar surface area (TPSA) is 109 Å². The first-order valence-electron chi connectivity index (χ1n) is 8.40. The molecular weight excluding hydrogens is 346 g/mol. The highest BCUT2D eigenvalue weighted by molar-refractivity contribution is 5.96. The van der Waals surface area contributed by atoms with Gasteiger partial charge in [-0.05, 0) is 18.6 Å². The Morgan fingerprint density at radius 3 is 2.74 bits per heavy atom. The number of carboxylic acid groups (broad SMARTS) is 1. The summed E-state index contributed by atoms with van der Waals surface area (Å²) in [6.45, 7) is 9.03. The van der Waals surface area contributed by atoms with Gasteiger partial charge < -0.3 is 15.7 Å². The molecule has 0 fully saturated rings. The van der Waals surface area contributed by atoms with Crippen LogP contribution in [0.1, 0.15) is 25.1 Å². The zero-order chi connectivity index (χ0) is 20.0. The van der Waals surface area contributed by atoms with Crippen LogP contribution in [-0.4, -0.2) is 31.9 Å². The molecule has 0 spiro atoms. The van der Waals surface area contributed by atoms with Crippen LogP contribution in [0.4, 0.5) is 10.5 Å². The van der Waals surface area contributed by atoms with Crippen LogP contribution < -0.4 is 10.6 Å². The summed E-state index contributed by atoms with van der Waals surface area (Å²) in [4.78, 5) is 27.8. The van der Waals surface area contributed by atoms with E-state index in [1.54, 1.807) is 55.2 Å². The van der Waals surface area contributed by atoms with Crippen LogP contribution in [0.25, 0.3) is 11.4 Å². The summed E-state index contributed by atoms with van der Waals surface area (Å²) in [5, 5.41) is 18.5. The van der Waals surface area contributed by atoms with Crippen molar-refractivity contribution in [1.29, 1.82) is 0 Å². The van der Waals surface area contributed by atoms with Gasteiger partial charge in [0.1, 0.15) is 5.69 Å². The maximum Gasteiger partial charge on any atom is 0.405 e. The molecule has 2 atom stereocenters. The number of amides is 2. The largest absolute Gasteiger partial charge is 0.465 e. The number of carbonyl (C=O) groups excluding carboxylic acids is 1. The predicted octanol–water partition coefficient (Wildman–Crippen LogP) is 3.13. The quantitative estimate of drug-likeness (QED) is 0.619. The van der Waals surface area contributed by atoms with Crippen molar-refractivity contribution in [1.82, 2.24) is 20.1 Å². The molecule has 3 N–H and O–H groups in total. The molecule has 2 amide bonds. The Hall–Kier alpha value is -3.42. The maximum absolute atomic E-state index is 12.2. The highest BCUT2D eigenvalue weighted by Crippen LogP contribution is 2.28. The summed E-state index contributed by atoms with van der Waals surface area (Å²) in [5.74, 6) is -0.554. The molecule has 0 radical (unpaired) electrons. The van der Waals surface area contributed by atoms with Gasteiger partial charge in [-0.3, -0.25) is 9.48 Å². The van der Waals surface area contributed by atoms with Crippen LogP contribution in [0, 0.1) is 5.92 Å². The van der Waals surface area contributed by atoms with E-state index >= 15 is 0 Å². The van der Waals surface area contributed by atoms with E-state index in [0.717, 1.165) is 0 Å². The fourth-order valence-corrected chi connectivity index (χ4v) is 2.53. The first kappa shape index (κ1) is 19.9. The number of carbonyl (C=O) groups is 2. The highest BCUT2D eigenvalue weighted by Gasteiger charge is 2.19. The van der Waals surface area contributed by atoms with E-state index < -0.39 is 12.1 Å². The highest BCUT2D eigenvalue weighted by atomic mass is 16.4. The number of pyridine rings is 1. The zero-order valence-electron chi connectivity index (χ0n) is 15.3. The van der Waals surface area contributed by atoms with Gasteiger partial charge in [-0.2, -0.15) is 5.10 Å². The molecule has 2 unspecified atom stereocenters. The Bertz CT molecular complexity index is 859. The number of nitrogens with one attached hydrogen (secondary N) is 2. The van der Waals surface area contributed by atoms with Crippen LogP contribution in [0.15, 0.2) is 49.7 Å². The van der Waals surface area contributed by atoms with Crippen molar-refractivity contribution in [2.45, 2.75) is 19.4 Å². The third-order valence-corrected chi connectivity index (χ3v) is 4.03. The van der Waals surface area contributed by atoms with Crippen molar-refractivity contribution in [2.24, 2.45) is 13.0 Å². The average molecular weight is 369 g/mol. The summed E-state index contributed by atoms with van der Waals surface area (Å²) in [5.41, 5.74) is 2.25. The lowest BCUT2D eigenvalue weighted by Crippen LogP contribution is -2.27. The van der Waals surface area contributed by atoms with Crippen molar-refractivity contribution < 1.29 is 14.7 Å². The van der Waals surface area contributed by atoms with Gasteiger partial charge in [0.05, 0.1) is 35.2 Å². The van der Waals surface area contributed by atoms with Gasteiger partial charge in [-0.1, -0.05) is 25.1 Å². The van der Waals surface area contributed by atoms with E-state index in [-0.39, 0.29) is 11.8 Å². The fourth-order valence-electron chi connectivity index (χ4n) is 2.53. The molecule has 0 bridgehead atoms. The van der Waals surface area contributed by atoms with Gasteiger partial charge in [-0.15, -0.1) is 13.2 Å². The summed E-state index contributed by atoms with van der Waals surface area (Å²) in [6.07, 6.45) is 3.99. The second-order valence-electron chi connectivity index (χ2n) is 6.02. The molecule has 2 aromatic rings. The number of anilines is 1. The number of hydrogen-bond donors (Lipinski definition) is 3. The average Bonchev–Trinajstić information content (AvgIpc) is 3.00. The first-order chi connectivity index (χ1) is 12.9. The van der Waals surface area contributed by atoms with Crippen molar-refractivity contribution >= 4 is 17.7 Å². The van der Waals surface area contributed by atoms with Gasteiger partial charge in [-0.25, -0.2) is 9.78 Å². The number of aromatic nitrogens is 3. The smallest absolute Gasteiger partial charge is 0.405 e. The van der Waals surface area contributed by atoms with E-state index in [4.69, 9.17) is 5.11 Å². The molecule has 2 aromatic heterocycles. The third kappa shape index (κ3) is 4.81. The van der Waals surface area contributed by atoms with Crippen molar-refractivity contribution in [3.8, 4) is 11.4 Å². The number of nitrogens with zero attached hydrogens (tertiary/aromatic N) is 3. The normalized spacial score (nSPS) is 12.7. The Balaban J connectivity index is 2.40. The molecule has 0 saturated heterocycles. The monoisotopic (exact) mass is 369 g/mol. The molecule has 8 nitrogen and oxygen atoms in total. The van der Waals surface area contributed by atoms with Crippen LogP contribution in [0.2, 0.25) is 0 Å². The zero-order valence-corrected chi connectivity index (χ0v) is 15.3. The van der Waals surface area contributed by atoms with Gasteiger partial charge >= 0.3 is 6.09 Å². The van der Waals surface area contributed by atoms with E-state index in [1.165, 1.54) is 0 Å². The molecule has 142 valence electrons. The predicted molar refractivity (Wildman–Crippen MR) is 103 cm³/mol. The third-order valence-electron chi connectivity index (χ3n) is 4.03. The van der Waals surface area contributed by atoms with Gasteiger partial charge in [0, 0.05) is 7.05 Å². The lowest BCUT2D eigenvalue weighted by atomic mass is 10.1. The van der Waals surface area contributed by atoms with Crippen LogP contribution in [0.3, 0.4) is 0 Å². The minimum atomic E-state index is -1.14. The Kier molecular flexibility index (Phi) is 6.48. The van der Waals surface area contributed by atoms with Crippen LogP contribution in [-0.2, 0) is 11.8 Å². The van der Waals surface area contributed by atoms with Crippen LogP contribution >= 0.6 is 0 Å². The van der Waals surface area contributed by atoms with Crippen molar-refractivity contribution in [3.05, 3.63) is 55.4 Å². The summed E-state index contributed by atoms with van der Waals surface area (Å²) < 4.78 is 1.60. The summed E-state index contributed by atoms with van der Waals surface area (Å²) in [6, 6.07) is 4.77. The molecular formula is C19H23N5O3. The molecule has 0 aromatic carbocycles. The standard InChI is InChI=1S/C19H23N5O3/c1-5-8-13(23-19(26)27)14-9-7-10-15(21-14)17-16(11-20-24(17)4)22-18(25)12(3)6-2/h5-7,9-13,23H,1-2,8H2,3-4H3,(H,22,25)(H,26,27). The fraction of sp³-hybridized carbons (Fsp3) is 0.263. The Labute approximate surface area is 157 Å². The molecule has 0 aliphatic heterocycles. The SMILES string of the molecule is C=CCC(NC(=O)O)c1cccc(-c2c(NC(=O)C(C)C=C)cnn2C)n1. The maximum atomic E-state index is 12.2. The number of aryl methyl sites for hydroxylation is 1. The minimum Gasteiger partial charge on any atom is -0.465 e. The van der Waals surface area contributed by atoms with Crippen LogP contribution in [0.5, 0.6) is 0 Å². The van der Waals surface area contributed by atoms with Crippen molar-refractivity contribution in [3.63, 3.8) is 0 Å². The first-order valence-corrected chi connectivity index (χ1v) is 8.40. The van der Waals surface area contributed by atoms with E-state index in [9.17, 15) is 9.59 Å². The number of rotatable bonds is 8. The molecule has 2 rings (SSSR count). The molecule has 27 heavy (non-hydrogen) atoms. The number of hydrogen-bond acceptors (Lipinski definition) is 4. The molecule has 0 aliphatic carbocycles. The lowest BCUT2D eigenvalue weighted by Gasteiger charge is -2.16. The minimum absolute atomic E-state index is 0.201. The lowest BCUT2D eigenvalue weighted by molar-refractivity contribution is -0.118. The summed E-state index contributed by atoms with van der Waals surface area (Å²) in [7, 11) is 1.74. The van der Waals surface area contributed by atoms with Gasteiger partial charge in [0.2, 0.25) is 5.91 Å². The molecule has 0 saturated carbocycles. The Morgan fingerprint density at radius 1 is 1.37 bits per heavy atom.